The number of aromatic nitrogens is 1. The number of hydrogen-bond donors (Lipinski definition) is 0. The lowest BCUT2D eigenvalue weighted by atomic mass is 9.97. The Bertz CT molecular complexity index is 288. The SMILES string of the molecule is CC(C)(C)c1ncc(C#N)o1. The molecule has 0 aliphatic rings. The predicted molar refractivity (Wildman–Crippen MR) is 39.9 cm³/mol. The van der Waals surface area contributed by atoms with Crippen LogP contribution in [0, 0.1) is 11.3 Å². The van der Waals surface area contributed by atoms with Gasteiger partial charge in [-0.15, -0.1) is 0 Å². The molecule has 0 spiro atoms. The van der Waals surface area contributed by atoms with Gasteiger partial charge in [0.15, 0.2) is 0 Å². The third-order valence-electron chi connectivity index (χ3n) is 1.26. The summed E-state index contributed by atoms with van der Waals surface area (Å²) in [4.78, 5) is 3.97. The molecule has 0 atom stereocenters. The highest BCUT2D eigenvalue weighted by Crippen LogP contribution is 2.20. The highest BCUT2D eigenvalue weighted by atomic mass is 16.4. The minimum atomic E-state index is -0.116. The van der Waals surface area contributed by atoms with Crippen molar-refractivity contribution in [2.45, 2.75) is 26.2 Å². The van der Waals surface area contributed by atoms with E-state index in [1.165, 1.54) is 6.20 Å². The van der Waals surface area contributed by atoms with E-state index in [1.54, 1.807) is 0 Å². The molecule has 0 amide bonds. The molecule has 3 nitrogen and oxygen atoms in total. The van der Waals surface area contributed by atoms with Crippen molar-refractivity contribution in [3.8, 4) is 6.07 Å². The fourth-order valence-electron chi connectivity index (χ4n) is 0.673. The van der Waals surface area contributed by atoms with Gasteiger partial charge in [-0.2, -0.15) is 5.26 Å². The van der Waals surface area contributed by atoms with E-state index in [1.807, 2.05) is 26.8 Å². The van der Waals surface area contributed by atoms with Crippen molar-refractivity contribution in [2.75, 3.05) is 0 Å². The normalized spacial score (nSPS) is 11.1. The molecule has 1 heterocycles. The molecule has 0 bridgehead atoms. The molecule has 3 heteroatoms. The first-order valence-corrected chi connectivity index (χ1v) is 3.40. The smallest absolute Gasteiger partial charge is 0.224 e. The number of nitriles is 1. The van der Waals surface area contributed by atoms with E-state index in [-0.39, 0.29) is 11.2 Å². The minimum absolute atomic E-state index is 0.116. The maximum Gasteiger partial charge on any atom is 0.224 e. The maximum absolute atomic E-state index is 8.43. The lowest BCUT2D eigenvalue weighted by Crippen LogP contribution is -2.10. The third kappa shape index (κ3) is 1.58. The van der Waals surface area contributed by atoms with Gasteiger partial charge < -0.3 is 4.42 Å². The standard InChI is InChI=1S/C8H10N2O/c1-8(2,3)7-10-5-6(4-9)11-7/h5H,1-3H3. The lowest BCUT2D eigenvalue weighted by molar-refractivity contribution is 0.387. The Hall–Kier alpha value is -1.30. The van der Waals surface area contributed by atoms with Gasteiger partial charge in [-0.25, -0.2) is 4.98 Å². The molecule has 0 aliphatic carbocycles. The summed E-state index contributed by atoms with van der Waals surface area (Å²) in [5.74, 6) is 0.879. The van der Waals surface area contributed by atoms with Crippen LogP contribution < -0.4 is 0 Å². The Labute approximate surface area is 65.7 Å². The van der Waals surface area contributed by atoms with Gasteiger partial charge in [0, 0.05) is 5.41 Å². The minimum Gasteiger partial charge on any atom is -0.430 e. The molecule has 0 N–H and O–H groups in total. The van der Waals surface area contributed by atoms with Crippen LogP contribution in [0.1, 0.15) is 32.4 Å². The summed E-state index contributed by atoms with van der Waals surface area (Å²) in [5.41, 5.74) is -0.116. The number of hydrogen-bond acceptors (Lipinski definition) is 3. The van der Waals surface area contributed by atoms with Gasteiger partial charge in [-0.3, -0.25) is 0 Å². The molecule has 0 saturated heterocycles. The number of rotatable bonds is 0. The van der Waals surface area contributed by atoms with Gasteiger partial charge >= 0.3 is 0 Å². The summed E-state index contributed by atoms with van der Waals surface area (Å²) in [6.07, 6.45) is 1.45. The first kappa shape index (κ1) is 7.80. The average Bonchev–Trinajstić information content (AvgIpc) is 2.32. The first-order chi connectivity index (χ1) is 5.04. The van der Waals surface area contributed by atoms with Crippen molar-refractivity contribution in [3.63, 3.8) is 0 Å². The fourth-order valence-corrected chi connectivity index (χ4v) is 0.673. The van der Waals surface area contributed by atoms with Gasteiger partial charge in [0.1, 0.15) is 6.07 Å². The molecule has 1 rings (SSSR count). The summed E-state index contributed by atoms with van der Waals surface area (Å²) in [6, 6.07) is 1.89. The Balaban J connectivity index is 3.01. The Kier molecular flexibility index (Phi) is 1.69. The van der Waals surface area contributed by atoms with E-state index >= 15 is 0 Å². The highest BCUT2D eigenvalue weighted by Gasteiger charge is 2.19. The molecule has 1 aromatic heterocycles. The zero-order valence-electron chi connectivity index (χ0n) is 6.88. The highest BCUT2D eigenvalue weighted by molar-refractivity contribution is 5.14. The van der Waals surface area contributed by atoms with Crippen LogP contribution in [-0.4, -0.2) is 4.98 Å². The monoisotopic (exact) mass is 150 g/mol. The number of oxazole rings is 1. The molecule has 0 radical (unpaired) electrons. The average molecular weight is 150 g/mol. The maximum atomic E-state index is 8.43. The summed E-state index contributed by atoms with van der Waals surface area (Å²) in [5, 5.41) is 8.43. The Morgan fingerprint density at radius 1 is 1.55 bits per heavy atom. The molecule has 0 aromatic carbocycles. The molecule has 0 saturated carbocycles. The van der Waals surface area contributed by atoms with Crippen molar-refractivity contribution in [3.05, 3.63) is 17.8 Å². The second kappa shape index (κ2) is 2.39. The Morgan fingerprint density at radius 2 is 2.18 bits per heavy atom. The van der Waals surface area contributed by atoms with Crippen molar-refractivity contribution in [1.29, 1.82) is 5.26 Å². The molecule has 1 aromatic rings. The second-order valence-corrected chi connectivity index (χ2v) is 3.39. The van der Waals surface area contributed by atoms with E-state index < -0.39 is 0 Å². The molecule has 58 valence electrons. The van der Waals surface area contributed by atoms with Gasteiger partial charge in [-0.05, 0) is 0 Å². The molecule has 0 fully saturated rings. The molecular formula is C8H10N2O. The summed E-state index contributed by atoms with van der Waals surface area (Å²) in [7, 11) is 0. The van der Waals surface area contributed by atoms with Crippen LogP contribution in [0.5, 0.6) is 0 Å². The van der Waals surface area contributed by atoms with E-state index in [4.69, 9.17) is 9.68 Å². The van der Waals surface area contributed by atoms with E-state index in [2.05, 4.69) is 4.98 Å². The summed E-state index contributed by atoms with van der Waals surface area (Å²) in [6.45, 7) is 5.96. The fraction of sp³-hybridized carbons (Fsp3) is 0.500. The molecule has 0 aliphatic heterocycles. The van der Waals surface area contributed by atoms with E-state index in [9.17, 15) is 0 Å². The second-order valence-electron chi connectivity index (χ2n) is 3.39. The van der Waals surface area contributed by atoms with Crippen molar-refractivity contribution < 1.29 is 4.42 Å². The van der Waals surface area contributed by atoms with E-state index in [0.29, 0.717) is 5.89 Å². The molecular weight excluding hydrogens is 140 g/mol. The first-order valence-electron chi connectivity index (χ1n) is 3.40. The van der Waals surface area contributed by atoms with Crippen molar-refractivity contribution in [2.24, 2.45) is 0 Å². The van der Waals surface area contributed by atoms with Gasteiger partial charge in [0.05, 0.1) is 6.20 Å². The van der Waals surface area contributed by atoms with Crippen LogP contribution in [-0.2, 0) is 5.41 Å². The van der Waals surface area contributed by atoms with Crippen molar-refractivity contribution >= 4 is 0 Å². The van der Waals surface area contributed by atoms with Gasteiger partial charge in [0.2, 0.25) is 11.7 Å². The number of nitrogens with zero attached hydrogens (tertiary/aromatic N) is 2. The zero-order valence-corrected chi connectivity index (χ0v) is 6.88. The van der Waals surface area contributed by atoms with Crippen LogP contribution in [0.4, 0.5) is 0 Å². The topological polar surface area (TPSA) is 49.8 Å². The van der Waals surface area contributed by atoms with Gasteiger partial charge in [-0.1, -0.05) is 20.8 Å². The quantitative estimate of drug-likeness (QED) is 0.567. The van der Waals surface area contributed by atoms with Crippen LogP contribution in [0.15, 0.2) is 10.6 Å². The van der Waals surface area contributed by atoms with Crippen LogP contribution in [0.3, 0.4) is 0 Å². The molecule has 0 unspecified atom stereocenters. The van der Waals surface area contributed by atoms with Gasteiger partial charge in [0.25, 0.3) is 0 Å². The third-order valence-corrected chi connectivity index (χ3v) is 1.26. The van der Waals surface area contributed by atoms with Crippen molar-refractivity contribution in [1.82, 2.24) is 4.98 Å². The van der Waals surface area contributed by atoms with Crippen LogP contribution >= 0.6 is 0 Å². The predicted octanol–water partition coefficient (Wildman–Crippen LogP) is 1.84. The van der Waals surface area contributed by atoms with Crippen LogP contribution in [0.2, 0.25) is 0 Å². The largest absolute Gasteiger partial charge is 0.430 e. The van der Waals surface area contributed by atoms with Crippen LogP contribution in [0.25, 0.3) is 0 Å². The summed E-state index contributed by atoms with van der Waals surface area (Å²) >= 11 is 0. The molecule has 11 heavy (non-hydrogen) atoms. The Morgan fingerprint density at radius 3 is 2.45 bits per heavy atom. The van der Waals surface area contributed by atoms with E-state index in [0.717, 1.165) is 0 Å². The summed E-state index contributed by atoms with van der Waals surface area (Å²) < 4.78 is 5.12. The lowest BCUT2D eigenvalue weighted by Gasteiger charge is -2.11. The zero-order chi connectivity index (χ0) is 8.48.